The summed E-state index contributed by atoms with van der Waals surface area (Å²) in [5.41, 5.74) is 3.78. The molecule has 0 unspecified atom stereocenters. The highest BCUT2D eigenvalue weighted by molar-refractivity contribution is 5.81. The van der Waals surface area contributed by atoms with Crippen LogP contribution in [0.4, 0.5) is 18.9 Å². The zero-order valence-electron chi connectivity index (χ0n) is 7.58. The topological polar surface area (TPSA) is 89.0 Å². The molecule has 0 bridgehead atoms. The number of alkyl halides is 3. The van der Waals surface area contributed by atoms with E-state index in [2.05, 4.69) is 9.72 Å². The van der Waals surface area contributed by atoms with Gasteiger partial charge in [0.15, 0.2) is 12.0 Å². The highest BCUT2D eigenvalue weighted by Crippen LogP contribution is 2.30. The van der Waals surface area contributed by atoms with Crippen LogP contribution in [0, 0.1) is 11.3 Å². The number of pyridine rings is 1. The van der Waals surface area contributed by atoms with Gasteiger partial charge in [0.05, 0.1) is 5.69 Å². The fraction of sp³-hybridized carbons (Fsp3) is 0.125. The number of aromatic nitrogens is 1. The molecule has 84 valence electrons. The number of anilines is 1. The predicted octanol–water partition coefficient (Wildman–Crippen LogP) is 1.25. The molecule has 0 aromatic carbocycles. The first-order chi connectivity index (χ1) is 7.37. The maximum Gasteiger partial charge on any atom is 0.573 e. The van der Waals surface area contributed by atoms with Crippen molar-refractivity contribution in [2.75, 3.05) is 5.73 Å². The molecule has 0 saturated heterocycles. The standard InChI is InChI=1S/C8H4F3N3O2/c9-8(10,11)16-7-5(13)1-4(2-12)14-6(7)3-15/h1,3H,(H2,13,14). The van der Waals surface area contributed by atoms with Crippen LogP contribution < -0.4 is 10.5 Å². The molecule has 16 heavy (non-hydrogen) atoms. The number of carbonyl (C=O) groups is 1. The van der Waals surface area contributed by atoms with E-state index >= 15 is 0 Å². The van der Waals surface area contributed by atoms with E-state index in [1.165, 1.54) is 0 Å². The second-order valence-electron chi connectivity index (χ2n) is 2.59. The molecule has 5 nitrogen and oxygen atoms in total. The van der Waals surface area contributed by atoms with Gasteiger partial charge < -0.3 is 10.5 Å². The van der Waals surface area contributed by atoms with E-state index in [0.29, 0.717) is 0 Å². The molecule has 1 rings (SSSR count). The largest absolute Gasteiger partial charge is 0.573 e. The summed E-state index contributed by atoms with van der Waals surface area (Å²) in [6.07, 6.45) is -4.96. The van der Waals surface area contributed by atoms with Crippen molar-refractivity contribution in [1.29, 1.82) is 5.26 Å². The lowest BCUT2D eigenvalue weighted by molar-refractivity contribution is -0.274. The fourth-order valence-corrected chi connectivity index (χ4v) is 0.938. The summed E-state index contributed by atoms with van der Waals surface area (Å²) in [5, 5.41) is 8.46. The van der Waals surface area contributed by atoms with Gasteiger partial charge in [0.1, 0.15) is 17.5 Å². The molecule has 0 atom stereocenters. The van der Waals surface area contributed by atoms with Crippen LogP contribution in [0.15, 0.2) is 6.07 Å². The third-order valence-corrected chi connectivity index (χ3v) is 1.47. The molecule has 1 aromatic rings. The number of nitrogen functional groups attached to an aromatic ring is 1. The van der Waals surface area contributed by atoms with Crippen LogP contribution in [0.2, 0.25) is 0 Å². The number of ether oxygens (including phenoxy) is 1. The average Bonchev–Trinajstić information content (AvgIpc) is 2.19. The van der Waals surface area contributed by atoms with Gasteiger partial charge >= 0.3 is 6.36 Å². The van der Waals surface area contributed by atoms with Crippen LogP contribution in [0.3, 0.4) is 0 Å². The normalized spacial score (nSPS) is 10.6. The van der Waals surface area contributed by atoms with E-state index in [1.54, 1.807) is 6.07 Å². The number of carbonyl (C=O) groups excluding carboxylic acids is 1. The lowest BCUT2D eigenvalue weighted by Gasteiger charge is -2.12. The minimum atomic E-state index is -4.98. The Hall–Kier alpha value is -2.30. The smallest absolute Gasteiger partial charge is 0.401 e. The summed E-state index contributed by atoms with van der Waals surface area (Å²) in [6.45, 7) is 0. The van der Waals surface area contributed by atoms with Crippen molar-refractivity contribution in [2.24, 2.45) is 0 Å². The Morgan fingerprint density at radius 1 is 1.56 bits per heavy atom. The molecule has 0 fully saturated rings. The van der Waals surface area contributed by atoms with Crippen molar-refractivity contribution in [2.45, 2.75) is 6.36 Å². The van der Waals surface area contributed by atoms with Gasteiger partial charge in [-0.1, -0.05) is 0 Å². The highest BCUT2D eigenvalue weighted by atomic mass is 19.4. The van der Waals surface area contributed by atoms with Crippen molar-refractivity contribution in [3.63, 3.8) is 0 Å². The Kier molecular flexibility index (Phi) is 2.99. The summed E-state index contributed by atoms with van der Waals surface area (Å²) < 4.78 is 39.3. The number of aldehydes is 1. The molecule has 0 amide bonds. The van der Waals surface area contributed by atoms with E-state index in [9.17, 15) is 18.0 Å². The number of hydrogen-bond acceptors (Lipinski definition) is 5. The first kappa shape index (κ1) is 11.8. The number of nitriles is 1. The summed E-state index contributed by atoms with van der Waals surface area (Å²) >= 11 is 0. The monoisotopic (exact) mass is 231 g/mol. The average molecular weight is 231 g/mol. The van der Waals surface area contributed by atoms with E-state index < -0.39 is 23.5 Å². The molecule has 0 radical (unpaired) electrons. The van der Waals surface area contributed by atoms with Crippen LogP contribution in [0.25, 0.3) is 0 Å². The van der Waals surface area contributed by atoms with Gasteiger partial charge in [0.2, 0.25) is 0 Å². The number of rotatable bonds is 2. The van der Waals surface area contributed by atoms with Gasteiger partial charge in [-0.05, 0) is 0 Å². The molecular formula is C8H4F3N3O2. The summed E-state index contributed by atoms with van der Waals surface area (Å²) in [6, 6.07) is 2.43. The lowest BCUT2D eigenvalue weighted by Crippen LogP contribution is -2.19. The van der Waals surface area contributed by atoms with Crippen LogP contribution in [-0.4, -0.2) is 17.6 Å². The van der Waals surface area contributed by atoms with Crippen molar-refractivity contribution in [1.82, 2.24) is 4.98 Å². The Bertz CT molecular complexity index is 465. The fourth-order valence-electron chi connectivity index (χ4n) is 0.938. The highest BCUT2D eigenvalue weighted by Gasteiger charge is 2.33. The molecule has 8 heteroatoms. The lowest BCUT2D eigenvalue weighted by atomic mass is 10.2. The second kappa shape index (κ2) is 4.06. The van der Waals surface area contributed by atoms with Crippen molar-refractivity contribution >= 4 is 12.0 Å². The van der Waals surface area contributed by atoms with Gasteiger partial charge in [-0.25, -0.2) is 4.98 Å². The molecule has 1 aromatic heterocycles. The second-order valence-corrected chi connectivity index (χ2v) is 2.59. The zero-order valence-corrected chi connectivity index (χ0v) is 7.58. The Morgan fingerprint density at radius 3 is 2.62 bits per heavy atom. The van der Waals surface area contributed by atoms with Gasteiger partial charge in [0, 0.05) is 6.07 Å². The van der Waals surface area contributed by atoms with Gasteiger partial charge in [-0.3, -0.25) is 4.79 Å². The zero-order chi connectivity index (χ0) is 12.3. The molecule has 0 saturated carbocycles. The number of hydrogen-bond donors (Lipinski definition) is 1. The van der Waals surface area contributed by atoms with Crippen LogP contribution >= 0.6 is 0 Å². The quantitative estimate of drug-likeness (QED) is 0.773. The van der Waals surface area contributed by atoms with E-state index in [1.807, 2.05) is 0 Å². The minimum Gasteiger partial charge on any atom is -0.401 e. The van der Waals surface area contributed by atoms with Gasteiger partial charge in [-0.15, -0.1) is 13.2 Å². The third kappa shape index (κ3) is 2.60. The first-order valence-electron chi connectivity index (χ1n) is 3.79. The number of nitrogens with zero attached hydrogens (tertiary/aromatic N) is 2. The molecule has 1 heterocycles. The third-order valence-electron chi connectivity index (χ3n) is 1.47. The first-order valence-corrected chi connectivity index (χ1v) is 3.79. The van der Waals surface area contributed by atoms with Crippen molar-refractivity contribution in [3.8, 4) is 11.8 Å². The number of nitrogens with two attached hydrogens (primary N) is 1. The SMILES string of the molecule is N#Cc1cc(N)c(OC(F)(F)F)c(C=O)n1. The molecule has 0 aliphatic carbocycles. The van der Waals surface area contributed by atoms with E-state index in [-0.39, 0.29) is 12.0 Å². The van der Waals surface area contributed by atoms with E-state index in [4.69, 9.17) is 11.0 Å². The Morgan fingerprint density at radius 2 is 2.19 bits per heavy atom. The summed E-state index contributed by atoms with van der Waals surface area (Å²) in [4.78, 5) is 13.8. The number of halogens is 3. The Labute approximate surface area is 87.3 Å². The molecule has 2 N–H and O–H groups in total. The molecular weight excluding hydrogens is 227 g/mol. The van der Waals surface area contributed by atoms with Crippen LogP contribution in [0.1, 0.15) is 16.2 Å². The van der Waals surface area contributed by atoms with Crippen LogP contribution in [-0.2, 0) is 0 Å². The minimum absolute atomic E-state index is 0.0261. The summed E-state index contributed by atoms with van der Waals surface area (Å²) in [5.74, 6) is -0.901. The molecule has 0 aliphatic heterocycles. The van der Waals surface area contributed by atoms with Crippen LogP contribution in [0.5, 0.6) is 5.75 Å². The Balaban J connectivity index is 3.28. The molecule has 0 spiro atoms. The predicted molar refractivity (Wildman–Crippen MR) is 45.4 cm³/mol. The summed E-state index contributed by atoms with van der Waals surface area (Å²) in [7, 11) is 0. The maximum absolute atomic E-state index is 11.9. The van der Waals surface area contributed by atoms with Crippen molar-refractivity contribution < 1.29 is 22.7 Å². The molecule has 0 aliphatic rings. The van der Waals surface area contributed by atoms with E-state index in [0.717, 1.165) is 6.07 Å². The maximum atomic E-state index is 11.9. The van der Waals surface area contributed by atoms with Gasteiger partial charge in [-0.2, -0.15) is 5.26 Å². The van der Waals surface area contributed by atoms with Gasteiger partial charge in [0.25, 0.3) is 0 Å². The van der Waals surface area contributed by atoms with Crippen molar-refractivity contribution in [3.05, 3.63) is 17.5 Å².